The fourth-order valence-electron chi connectivity index (χ4n) is 13.1. The van der Waals surface area contributed by atoms with Crippen LogP contribution in [0.15, 0.2) is 42.5 Å². The van der Waals surface area contributed by atoms with Gasteiger partial charge in [-0.05, 0) is 152 Å². The molecule has 2 aromatic carbocycles. The van der Waals surface area contributed by atoms with E-state index in [0.717, 1.165) is 50.5 Å². The number of aliphatic hydroxyl groups excluding tert-OH is 1. The van der Waals surface area contributed by atoms with Crippen molar-refractivity contribution in [3.8, 4) is 5.75 Å². The number of carboxylic acids is 1. The second-order valence-electron chi connectivity index (χ2n) is 18.1. The highest BCUT2D eigenvalue weighted by Crippen LogP contribution is 2.73. The Morgan fingerprint density at radius 3 is 2.35 bits per heavy atom. The Morgan fingerprint density at radius 2 is 1.57 bits per heavy atom. The van der Waals surface area contributed by atoms with Gasteiger partial charge in [0.1, 0.15) is 11.3 Å². The molecule has 0 saturated heterocycles. The normalized spacial score (nSPS) is 36.5. The van der Waals surface area contributed by atoms with Crippen LogP contribution in [0.4, 0.5) is 0 Å². The van der Waals surface area contributed by atoms with E-state index in [0.29, 0.717) is 59.1 Å². The second kappa shape index (κ2) is 13.2. The molecule has 9 atom stereocenters. The SMILES string of the molecule is CC1(C)C(O)CCC2(C)C1CCC1(C)C3CCC4(C(=O)NCCc5cccc(C(=O)NCc6ccc(O)c(C(=O)O)c6)c5)CCCC4C3CCC12. The highest BCUT2D eigenvalue weighted by Gasteiger charge is 2.67. The van der Waals surface area contributed by atoms with Gasteiger partial charge in [-0.2, -0.15) is 0 Å². The predicted molar refractivity (Wildman–Crippen MR) is 196 cm³/mol. The maximum absolute atomic E-state index is 14.2. The van der Waals surface area contributed by atoms with Gasteiger partial charge in [-0.1, -0.05) is 52.3 Å². The van der Waals surface area contributed by atoms with Gasteiger partial charge in [0.2, 0.25) is 5.91 Å². The molecule has 9 unspecified atom stereocenters. The highest BCUT2D eigenvalue weighted by molar-refractivity contribution is 5.94. The lowest BCUT2D eigenvalue weighted by Gasteiger charge is -2.69. The maximum atomic E-state index is 14.2. The molecular formula is C43H58N2O6. The summed E-state index contributed by atoms with van der Waals surface area (Å²) in [6, 6.07) is 11.7. The lowest BCUT2D eigenvalue weighted by atomic mass is 9.36. The number of hydrogen-bond donors (Lipinski definition) is 5. The number of carbonyl (C=O) groups excluding carboxylic acids is 2. The van der Waals surface area contributed by atoms with Crippen molar-refractivity contribution in [1.82, 2.24) is 10.6 Å². The van der Waals surface area contributed by atoms with E-state index in [4.69, 9.17) is 0 Å². The summed E-state index contributed by atoms with van der Waals surface area (Å²) >= 11 is 0. The molecule has 0 aliphatic heterocycles. The smallest absolute Gasteiger partial charge is 0.339 e. The first-order valence-corrected chi connectivity index (χ1v) is 19.6. The van der Waals surface area contributed by atoms with Crippen molar-refractivity contribution in [2.75, 3.05) is 6.54 Å². The summed E-state index contributed by atoms with van der Waals surface area (Å²) in [7, 11) is 0. The second-order valence-corrected chi connectivity index (χ2v) is 18.1. The first kappa shape index (κ1) is 36.0. The van der Waals surface area contributed by atoms with E-state index in [-0.39, 0.29) is 52.0 Å². The summed E-state index contributed by atoms with van der Waals surface area (Å²) in [5.74, 6) is 1.43. The van der Waals surface area contributed by atoms with E-state index in [1.165, 1.54) is 37.8 Å². The number of amides is 2. The van der Waals surface area contributed by atoms with Gasteiger partial charge >= 0.3 is 5.97 Å². The van der Waals surface area contributed by atoms with Crippen molar-refractivity contribution in [1.29, 1.82) is 0 Å². The summed E-state index contributed by atoms with van der Waals surface area (Å²) in [5.41, 5.74) is 2.13. The number of hydrogen-bond acceptors (Lipinski definition) is 5. The molecule has 0 heterocycles. The molecule has 51 heavy (non-hydrogen) atoms. The summed E-state index contributed by atoms with van der Waals surface area (Å²) in [4.78, 5) is 38.5. The van der Waals surface area contributed by atoms with Crippen LogP contribution >= 0.6 is 0 Å². The minimum Gasteiger partial charge on any atom is -0.507 e. The van der Waals surface area contributed by atoms with Crippen molar-refractivity contribution in [3.63, 3.8) is 0 Å². The molecule has 0 aromatic heterocycles. The summed E-state index contributed by atoms with van der Waals surface area (Å²) in [5, 5.41) is 36.2. The molecule has 7 rings (SSSR count). The lowest BCUT2D eigenvalue weighted by molar-refractivity contribution is -0.214. The third-order valence-corrected chi connectivity index (χ3v) is 15.6. The Balaban J connectivity index is 0.971. The maximum Gasteiger partial charge on any atom is 0.339 e. The van der Waals surface area contributed by atoms with E-state index in [2.05, 4.69) is 38.3 Å². The zero-order valence-corrected chi connectivity index (χ0v) is 31.0. The average molecular weight is 699 g/mol. The van der Waals surface area contributed by atoms with Crippen LogP contribution < -0.4 is 10.6 Å². The van der Waals surface area contributed by atoms with Gasteiger partial charge in [0.15, 0.2) is 0 Å². The summed E-state index contributed by atoms with van der Waals surface area (Å²) < 4.78 is 0. The van der Waals surface area contributed by atoms with E-state index in [1.807, 2.05) is 18.2 Å². The largest absolute Gasteiger partial charge is 0.507 e. The van der Waals surface area contributed by atoms with Crippen LogP contribution in [0.2, 0.25) is 0 Å². The number of benzene rings is 2. The van der Waals surface area contributed by atoms with Crippen molar-refractivity contribution in [2.45, 2.75) is 117 Å². The van der Waals surface area contributed by atoms with Gasteiger partial charge in [0.05, 0.1) is 11.5 Å². The van der Waals surface area contributed by atoms with Gasteiger partial charge in [0, 0.05) is 18.7 Å². The average Bonchev–Trinajstić information content (AvgIpc) is 3.55. The van der Waals surface area contributed by atoms with E-state index in [9.17, 15) is 29.7 Å². The van der Waals surface area contributed by atoms with E-state index in [1.54, 1.807) is 12.1 Å². The molecule has 276 valence electrons. The van der Waals surface area contributed by atoms with Crippen LogP contribution in [-0.2, 0) is 17.8 Å². The predicted octanol–water partition coefficient (Wildman–Crippen LogP) is 7.51. The third-order valence-electron chi connectivity index (χ3n) is 15.6. The first-order valence-electron chi connectivity index (χ1n) is 19.6. The van der Waals surface area contributed by atoms with Gasteiger partial charge in [0.25, 0.3) is 5.91 Å². The number of rotatable bonds is 8. The molecule has 5 fully saturated rings. The molecular weight excluding hydrogens is 640 g/mol. The zero-order valence-electron chi connectivity index (χ0n) is 31.0. The molecule has 5 aliphatic rings. The quantitative estimate of drug-likeness (QED) is 0.194. The van der Waals surface area contributed by atoms with Crippen LogP contribution in [0.1, 0.15) is 130 Å². The van der Waals surface area contributed by atoms with Gasteiger partial charge in [-0.15, -0.1) is 0 Å². The minimum absolute atomic E-state index is 0.0333. The molecule has 0 radical (unpaired) electrons. The van der Waals surface area contributed by atoms with Crippen LogP contribution in [-0.4, -0.2) is 45.8 Å². The number of nitrogens with one attached hydrogen (secondary N) is 2. The van der Waals surface area contributed by atoms with Crippen LogP contribution in [0.3, 0.4) is 0 Å². The summed E-state index contributed by atoms with van der Waals surface area (Å²) in [6.45, 7) is 10.5. The van der Waals surface area contributed by atoms with Gasteiger partial charge in [-0.25, -0.2) is 4.79 Å². The molecule has 8 nitrogen and oxygen atoms in total. The van der Waals surface area contributed by atoms with Crippen molar-refractivity contribution in [3.05, 3.63) is 64.7 Å². The minimum atomic E-state index is -1.23. The number of phenols is 1. The van der Waals surface area contributed by atoms with Gasteiger partial charge < -0.3 is 26.0 Å². The highest BCUT2D eigenvalue weighted by atomic mass is 16.4. The van der Waals surface area contributed by atoms with E-state index < -0.39 is 5.97 Å². The first-order chi connectivity index (χ1) is 24.2. The molecule has 2 aromatic rings. The molecule has 5 N–H and O–H groups in total. The van der Waals surface area contributed by atoms with Crippen molar-refractivity contribution in [2.24, 2.45) is 51.2 Å². The number of aliphatic hydroxyl groups is 1. The number of aromatic carboxylic acids is 1. The monoisotopic (exact) mass is 698 g/mol. The fourth-order valence-corrected chi connectivity index (χ4v) is 13.1. The topological polar surface area (TPSA) is 136 Å². The van der Waals surface area contributed by atoms with Crippen LogP contribution in [0, 0.1) is 51.2 Å². The van der Waals surface area contributed by atoms with Crippen molar-refractivity contribution >= 4 is 17.8 Å². The Morgan fingerprint density at radius 1 is 0.784 bits per heavy atom. The fraction of sp³-hybridized carbons (Fsp3) is 0.651. The molecule has 8 heteroatoms. The van der Waals surface area contributed by atoms with Crippen molar-refractivity contribution < 1.29 is 29.7 Å². The Bertz CT molecular complexity index is 1690. The summed E-state index contributed by atoms with van der Waals surface area (Å²) in [6.07, 6.45) is 12.9. The standard InChI is InChI=1S/C43H58N2O6/c1-40(2)34-15-19-41(3)31-14-21-43(18-6-9-32(43)29(31)11-13-35(41)42(34,4)20-16-36(40)47)39(51)44-22-17-26-7-5-8-28(23-26)37(48)45-25-27-10-12-33(46)30(24-27)38(49)50/h5,7-8,10,12,23-24,29,31-32,34-36,46-47H,6,9,11,13-22,25H2,1-4H3,(H,44,51)(H,45,48)(H,49,50). The molecule has 0 spiro atoms. The zero-order chi connectivity index (χ0) is 36.3. The van der Waals surface area contributed by atoms with Gasteiger partial charge in [-0.3, -0.25) is 9.59 Å². The number of fused-ring (bicyclic) bond motifs is 7. The Labute approximate surface area is 303 Å². The number of carboxylic acid groups (broad SMARTS) is 1. The van der Waals surface area contributed by atoms with E-state index >= 15 is 0 Å². The molecule has 5 saturated carbocycles. The number of carbonyl (C=O) groups is 3. The molecule has 0 bridgehead atoms. The Hall–Kier alpha value is -3.39. The third kappa shape index (κ3) is 5.97. The van der Waals surface area contributed by atoms with Crippen LogP contribution in [0.25, 0.3) is 0 Å². The lowest BCUT2D eigenvalue weighted by Crippen LogP contribution is -2.63. The van der Waals surface area contributed by atoms with Crippen LogP contribution in [0.5, 0.6) is 5.75 Å². The number of aromatic hydroxyl groups is 1. The molecule has 2 amide bonds. The Kier molecular flexibility index (Phi) is 9.34. The molecule has 5 aliphatic carbocycles.